The molecule has 0 atom stereocenters. The van der Waals surface area contributed by atoms with Gasteiger partial charge in [0.05, 0.1) is 0 Å². The minimum Gasteiger partial charge on any atom is -0.459 e. The lowest BCUT2D eigenvalue weighted by atomic mass is 9.98. The number of allylic oxidation sites excluding steroid dienone is 2. The quantitative estimate of drug-likeness (QED) is 0.379. The fraction of sp³-hybridized carbons (Fsp3) is 0.545. The van der Waals surface area contributed by atoms with E-state index in [0.29, 0.717) is 0 Å². The molecule has 0 saturated heterocycles. The maximum atomic E-state index is 11.1. The van der Waals surface area contributed by atoms with E-state index in [9.17, 15) is 4.79 Å². The lowest BCUT2D eigenvalue weighted by Crippen LogP contribution is -2.19. The van der Waals surface area contributed by atoms with E-state index in [0.717, 1.165) is 12.8 Å². The first-order chi connectivity index (χ1) is 6.33. The molecule has 0 bridgehead atoms. The van der Waals surface area contributed by atoms with Gasteiger partial charge in [0.15, 0.2) is 0 Å². The van der Waals surface area contributed by atoms with Gasteiger partial charge in [0.2, 0.25) is 0 Å². The van der Waals surface area contributed by atoms with Gasteiger partial charge in [0, 0.05) is 6.08 Å². The summed E-state index contributed by atoms with van der Waals surface area (Å²) in [7, 11) is 0. The van der Waals surface area contributed by atoms with Gasteiger partial charge in [-0.3, -0.25) is 0 Å². The highest BCUT2D eigenvalue weighted by molar-refractivity contribution is 5.82. The maximum absolute atomic E-state index is 11.1. The summed E-state index contributed by atoms with van der Waals surface area (Å²) in [5.74, 6) is -0.244. The van der Waals surface area contributed by atoms with E-state index in [4.69, 9.17) is 4.74 Å². The van der Waals surface area contributed by atoms with Crippen molar-refractivity contribution in [1.82, 2.24) is 0 Å². The Bertz CT molecular complexity index is 200. The highest BCUT2D eigenvalue weighted by Gasteiger charge is 2.15. The number of ether oxygens (including phenoxy) is 1. The van der Waals surface area contributed by atoms with Crippen molar-refractivity contribution in [1.29, 1.82) is 0 Å². The average molecular weight is 180 g/mol. The van der Waals surface area contributed by atoms with Crippen molar-refractivity contribution in [2.45, 2.75) is 38.2 Å². The van der Waals surface area contributed by atoms with E-state index in [1.54, 1.807) is 12.2 Å². The Morgan fingerprint density at radius 2 is 2.00 bits per heavy atom. The highest BCUT2D eigenvalue weighted by Crippen LogP contribution is 2.20. The molecule has 72 valence electrons. The number of hydrogen-bond donors (Lipinski definition) is 0. The van der Waals surface area contributed by atoms with Crippen LogP contribution in [0.25, 0.3) is 0 Å². The normalized spacial score (nSPS) is 18.8. The van der Waals surface area contributed by atoms with Crippen LogP contribution in [0.5, 0.6) is 0 Å². The molecule has 0 aliphatic heterocycles. The molecule has 0 heterocycles. The monoisotopic (exact) mass is 180 g/mol. The molecular formula is C11H16O2. The van der Waals surface area contributed by atoms with Crippen LogP contribution in [-0.2, 0) is 9.53 Å². The molecule has 1 aliphatic carbocycles. The maximum Gasteiger partial charge on any atom is 0.331 e. The summed E-state index contributed by atoms with van der Waals surface area (Å²) in [4.78, 5) is 11.1. The molecular weight excluding hydrogens is 164 g/mol. The SMILES string of the molecule is C=CC=CC(=O)OC1CCCCC1. The van der Waals surface area contributed by atoms with Gasteiger partial charge in [-0.15, -0.1) is 0 Å². The van der Waals surface area contributed by atoms with Crippen LogP contribution in [-0.4, -0.2) is 12.1 Å². The van der Waals surface area contributed by atoms with Gasteiger partial charge in [0.25, 0.3) is 0 Å². The minimum atomic E-state index is -0.244. The molecule has 0 aromatic carbocycles. The lowest BCUT2D eigenvalue weighted by Gasteiger charge is -2.20. The summed E-state index contributed by atoms with van der Waals surface area (Å²) in [6.07, 6.45) is 10.4. The Hall–Kier alpha value is -1.05. The van der Waals surface area contributed by atoms with Crippen LogP contribution >= 0.6 is 0 Å². The van der Waals surface area contributed by atoms with Gasteiger partial charge in [0.1, 0.15) is 6.10 Å². The van der Waals surface area contributed by atoms with Crippen LogP contribution in [0, 0.1) is 0 Å². The van der Waals surface area contributed by atoms with E-state index in [-0.39, 0.29) is 12.1 Å². The summed E-state index contributed by atoms with van der Waals surface area (Å²) in [6, 6.07) is 0. The third-order valence-electron chi connectivity index (χ3n) is 2.20. The minimum absolute atomic E-state index is 0.149. The van der Waals surface area contributed by atoms with E-state index in [1.165, 1.54) is 25.3 Å². The van der Waals surface area contributed by atoms with Gasteiger partial charge in [-0.25, -0.2) is 4.79 Å². The molecule has 0 aromatic heterocycles. The van der Waals surface area contributed by atoms with E-state index in [2.05, 4.69) is 6.58 Å². The number of carbonyl (C=O) groups is 1. The van der Waals surface area contributed by atoms with Crippen LogP contribution in [0.3, 0.4) is 0 Å². The van der Waals surface area contributed by atoms with Crippen LogP contribution < -0.4 is 0 Å². The third-order valence-corrected chi connectivity index (χ3v) is 2.20. The van der Waals surface area contributed by atoms with Crippen LogP contribution in [0.4, 0.5) is 0 Å². The molecule has 0 N–H and O–H groups in total. The Balaban J connectivity index is 2.25. The second kappa shape index (κ2) is 5.57. The Labute approximate surface area is 79.3 Å². The molecule has 2 heteroatoms. The molecule has 1 saturated carbocycles. The largest absolute Gasteiger partial charge is 0.459 e. The fourth-order valence-electron chi connectivity index (χ4n) is 1.53. The Morgan fingerprint density at radius 1 is 1.31 bits per heavy atom. The van der Waals surface area contributed by atoms with Crippen LogP contribution in [0.15, 0.2) is 24.8 Å². The lowest BCUT2D eigenvalue weighted by molar-refractivity contribution is -0.144. The first-order valence-corrected chi connectivity index (χ1v) is 4.82. The van der Waals surface area contributed by atoms with Crippen LogP contribution in [0.1, 0.15) is 32.1 Å². The number of rotatable bonds is 3. The molecule has 0 aromatic rings. The summed E-state index contributed by atoms with van der Waals surface area (Å²) in [6.45, 7) is 3.48. The second-order valence-corrected chi connectivity index (χ2v) is 3.29. The van der Waals surface area contributed by atoms with Crippen molar-refractivity contribution in [3.05, 3.63) is 24.8 Å². The standard InChI is InChI=1S/C11H16O2/c1-2-3-9-11(12)13-10-7-5-4-6-8-10/h2-3,9-10H,1,4-8H2. The topological polar surface area (TPSA) is 26.3 Å². The van der Waals surface area contributed by atoms with Crippen molar-refractivity contribution in [3.8, 4) is 0 Å². The molecule has 0 amide bonds. The first kappa shape index (κ1) is 10.0. The Morgan fingerprint density at radius 3 is 2.62 bits per heavy atom. The molecule has 0 spiro atoms. The Kier molecular flexibility index (Phi) is 4.30. The smallest absolute Gasteiger partial charge is 0.331 e. The number of esters is 1. The van der Waals surface area contributed by atoms with Crippen molar-refractivity contribution in [2.24, 2.45) is 0 Å². The average Bonchev–Trinajstić information content (AvgIpc) is 2.16. The number of hydrogen-bond acceptors (Lipinski definition) is 2. The zero-order valence-corrected chi connectivity index (χ0v) is 7.87. The molecule has 0 radical (unpaired) electrons. The summed E-state index contributed by atoms with van der Waals surface area (Å²) in [5, 5.41) is 0. The van der Waals surface area contributed by atoms with Gasteiger partial charge in [-0.05, 0) is 25.7 Å². The first-order valence-electron chi connectivity index (χ1n) is 4.82. The van der Waals surface area contributed by atoms with Crippen molar-refractivity contribution < 1.29 is 9.53 Å². The van der Waals surface area contributed by atoms with Crippen molar-refractivity contribution in [3.63, 3.8) is 0 Å². The molecule has 1 rings (SSSR count). The van der Waals surface area contributed by atoms with Gasteiger partial charge >= 0.3 is 5.97 Å². The van der Waals surface area contributed by atoms with Gasteiger partial charge in [-0.2, -0.15) is 0 Å². The summed E-state index contributed by atoms with van der Waals surface area (Å²) in [5.41, 5.74) is 0. The van der Waals surface area contributed by atoms with E-state index >= 15 is 0 Å². The third kappa shape index (κ3) is 3.92. The fourth-order valence-corrected chi connectivity index (χ4v) is 1.53. The van der Waals surface area contributed by atoms with E-state index in [1.807, 2.05) is 0 Å². The van der Waals surface area contributed by atoms with Crippen molar-refractivity contribution in [2.75, 3.05) is 0 Å². The highest BCUT2D eigenvalue weighted by atomic mass is 16.5. The van der Waals surface area contributed by atoms with Crippen LogP contribution in [0.2, 0.25) is 0 Å². The predicted octanol–water partition coefficient (Wildman–Crippen LogP) is 2.60. The zero-order chi connectivity index (χ0) is 9.52. The van der Waals surface area contributed by atoms with E-state index < -0.39 is 0 Å². The zero-order valence-electron chi connectivity index (χ0n) is 7.87. The second-order valence-electron chi connectivity index (χ2n) is 3.29. The summed E-state index contributed by atoms with van der Waals surface area (Å²) < 4.78 is 5.22. The predicted molar refractivity (Wildman–Crippen MR) is 52.3 cm³/mol. The number of carbonyl (C=O) groups excluding carboxylic acids is 1. The van der Waals surface area contributed by atoms with Gasteiger partial charge in [-0.1, -0.05) is 25.2 Å². The van der Waals surface area contributed by atoms with Crippen molar-refractivity contribution >= 4 is 5.97 Å². The molecule has 13 heavy (non-hydrogen) atoms. The molecule has 0 unspecified atom stereocenters. The molecule has 2 nitrogen and oxygen atoms in total. The van der Waals surface area contributed by atoms with Gasteiger partial charge < -0.3 is 4.74 Å². The molecule has 1 fully saturated rings. The molecule has 1 aliphatic rings. The summed E-state index contributed by atoms with van der Waals surface area (Å²) >= 11 is 0.